The summed E-state index contributed by atoms with van der Waals surface area (Å²) < 4.78 is 14.8. The number of rotatable bonds is 4. The largest absolute Gasteiger partial charge is 0.383 e. The van der Waals surface area contributed by atoms with Gasteiger partial charge in [-0.05, 0) is 32.0 Å². The van der Waals surface area contributed by atoms with Gasteiger partial charge in [-0.25, -0.2) is 14.1 Å². The molecule has 0 bridgehead atoms. The second kappa shape index (κ2) is 4.95. The van der Waals surface area contributed by atoms with Crippen molar-refractivity contribution in [2.75, 3.05) is 11.9 Å². The average molecular weight is 234 g/mol. The number of benzene rings is 1. The zero-order valence-electron chi connectivity index (χ0n) is 9.94. The number of hydrogen-bond acceptors (Lipinski definition) is 3. The maximum absolute atomic E-state index is 12.9. The van der Waals surface area contributed by atoms with Crippen LogP contribution in [0.5, 0.6) is 0 Å². The lowest BCUT2D eigenvalue weighted by Gasteiger charge is -2.07. The smallest absolute Gasteiger partial charge is 0.147 e. The second-order valence-electron chi connectivity index (χ2n) is 3.87. The van der Waals surface area contributed by atoms with E-state index < -0.39 is 0 Å². The van der Waals surface area contributed by atoms with E-state index in [4.69, 9.17) is 0 Å². The molecule has 0 radical (unpaired) electrons. The minimum Gasteiger partial charge on any atom is -0.383 e. The van der Waals surface area contributed by atoms with Crippen LogP contribution in [0, 0.1) is 19.7 Å². The van der Waals surface area contributed by atoms with E-state index in [2.05, 4.69) is 15.4 Å². The molecule has 0 saturated heterocycles. The number of aromatic nitrogens is 3. The molecule has 4 nitrogen and oxygen atoms in total. The Morgan fingerprint density at radius 1 is 1.35 bits per heavy atom. The van der Waals surface area contributed by atoms with E-state index in [1.807, 2.05) is 24.6 Å². The third kappa shape index (κ3) is 3.03. The predicted octanol–water partition coefficient (Wildman–Crippen LogP) is 2.15. The van der Waals surface area contributed by atoms with Crippen LogP contribution in [0.3, 0.4) is 0 Å². The van der Waals surface area contributed by atoms with Gasteiger partial charge in [0.2, 0.25) is 0 Å². The first-order chi connectivity index (χ1) is 8.15. The highest BCUT2D eigenvalue weighted by molar-refractivity contribution is 5.42. The molecule has 0 amide bonds. The molecule has 2 aromatic rings. The van der Waals surface area contributed by atoms with E-state index in [1.54, 1.807) is 6.07 Å². The number of aryl methyl sites for hydroxylation is 2. The van der Waals surface area contributed by atoms with Crippen molar-refractivity contribution in [2.24, 2.45) is 0 Å². The maximum Gasteiger partial charge on any atom is 0.147 e. The molecule has 1 N–H and O–H groups in total. The zero-order valence-corrected chi connectivity index (χ0v) is 9.94. The number of halogens is 1. The van der Waals surface area contributed by atoms with Gasteiger partial charge in [-0.3, -0.25) is 0 Å². The molecule has 0 atom stereocenters. The maximum atomic E-state index is 12.9. The minimum atomic E-state index is -0.234. The van der Waals surface area contributed by atoms with Crippen molar-refractivity contribution < 1.29 is 4.39 Å². The molecule has 0 aliphatic carbocycles. The van der Waals surface area contributed by atoms with Gasteiger partial charge in [-0.2, -0.15) is 5.10 Å². The Kier molecular flexibility index (Phi) is 3.37. The van der Waals surface area contributed by atoms with E-state index in [-0.39, 0.29) is 5.82 Å². The Hall–Kier alpha value is -1.91. The first-order valence-corrected chi connectivity index (χ1v) is 5.52. The van der Waals surface area contributed by atoms with Crippen molar-refractivity contribution in [1.82, 2.24) is 14.8 Å². The topological polar surface area (TPSA) is 42.7 Å². The van der Waals surface area contributed by atoms with Gasteiger partial charge in [-0.15, -0.1) is 0 Å². The molecule has 1 heterocycles. The van der Waals surface area contributed by atoms with Crippen molar-refractivity contribution >= 4 is 5.69 Å². The second-order valence-corrected chi connectivity index (χ2v) is 3.87. The van der Waals surface area contributed by atoms with Gasteiger partial charge < -0.3 is 5.32 Å². The predicted molar refractivity (Wildman–Crippen MR) is 64.4 cm³/mol. The molecule has 17 heavy (non-hydrogen) atoms. The van der Waals surface area contributed by atoms with E-state index >= 15 is 0 Å². The molecule has 0 fully saturated rings. The Bertz CT molecular complexity index is 507. The fourth-order valence-electron chi connectivity index (χ4n) is 1.68. The fraction of sp³-hybridized carbons (Fsp3) is 0.333. The first-order valence-electron chi connectivity index (χ1n) is 5.52. The van der Waals surface area contributed by atoms with Crippen molar-refractivity contribution in [2.45, 2.75) is 20.4 Å². The first kappa shape index (κ1) is 11.6. The lowest BCUT2D eigenvalue weighted by atomic mass is 10.3. The van der Waals surface area contributed by atoms with Crippen molar-refractivity contribution in [3.63, 3.8) is 0 Å². The highest BCUT2D eigenvalue weighted by atomic mass is 19.1. The molecular weight excluding hydrogens is 219 g/mol. The van der Waals surface area contributed by atoms with Crippen LogP contribution in [0.4, 0.5) is 10.1 Å². The fourth-order valence-corrected chi connectivity index (χ4v) is 1.68. The molecule has 0 spiro atoms. The lowest BCUT2D eigenvalue weighted by molar-refractivity contribution is 0.611. The zero-order chi connectivity index (χ0) is 12.3. The molecule has 90 valence electrons. The molecule has 2 rings (SSSR count). The normalized spacial score (nSPS) is 10.5. The third-order valence-electron chi connectivity index (χ3n) is 2.44. The highest BCUT2D eigenvalue weighted by Gasteiger charge is 2.01. The molecule has 0 unspecified atom stereocenters. The van der Waals surface area contributed by atoms with Crippen LogP contribution < -0.4 is 5.32 Å². The highest BCUT2D eigenvalue weighted by Crippen LogP contribution is 2.08. The summed E-state index contributed by atoms with van der Waals surface area (Å²) in [6, 6.07) is 6.42. The summed E-state index contributed by atoms with van der Waals surface area (Å²) >= 11 is 0. The molecule has 0 aliphatic heterocycles. The van der Waals surface area contributed by atoms with E-state index in [0.717, 1.165) is 17.3 Å². The van der Waals surface area contributed by atoms with Crippen LogP contribution in [0.1, 0.15) is 11.6 Å². The lowest BCUT2D eigenvalue weighted by Crippen LogP contribution is -2.13. The van der Waals surface area contributed by atoms with Gasteiger partial charge in [0.25, 0.3) is 0 Å². The molecule has 1 aromatic carbocycles. The van der Waals surface area contributed by atoms with Crippen LogP contribution in [0.25, 0.3) is 0 Å². The summed E-state index contributed by atoms with van der Waals surface area (Å²) in [4.78, 5) is 4.21. The van der Waals surface area contributed by atoms with E-state index in [9.17, 15) is 4.39 Å². The molecule has 1 aromatic heterocycles. The summed E-state index contributed by atoms with van der Waals surface area (Å²) in [6.07, 6.45) is 0. The van der Waals surface area contributed by atoms with Gasteiger partial charge in [0.15, 0.2) is 0 Å². The van der Waals surface area contributed by atoms with Crippen molar-refractivity contribution in [1.29, 1.82) is 0 Å². The quantitative estimate of drug-likeness (QED) is 0.881. The Morgan fingerprint density at radius 3 is 2.82 bits per heavy atom. The number of anilines is 1. The molecule has 0 aliphatic rings. The van der Waals surface area contributed by atoms with Gasteiger partial charge in [0.05, 0.1) is 6.54 Å². The van der Waals surface area contributed by atoms with E-state index in [1.165, 1.54) is 12.1 Å². The summed E-state index contributed by atoms with van der Waals surface area (Å²) in [5.74, 6) is 1.43. The summed E-state index contributed by atoms with van der Waals surface area (Å²) in [7, 11) is 0. The molecule has 5 heteroatoms. The summed E-state index contributed by atoms with van der Waals surface area (Å²) in [5, 5.41) is 7.39. The SMILES string of the molecule is Cc1nc(C)n(CCNc2cccc(F)c2)n1. The Morgan fingerprint density at radius 2 is 2.18 bits per heavy atom. The van der Waals surface area contributed by atoms with Crippen LogP contribution in [-0.2, 0) is 6.54 Å². The summed E-state index contributed by atoms with van der Waals surface area (Å²) in [5.41, 5.74) is 0.777. The van der Waals surface area contributed by atoms with E-state index in [0.29, 0.717) is 13.1 Å². The van der Waals surface area contributed by atoms with Gasteiger partial charge >= 0.3 is 0 Å². The van der Waals surface area contributed by atoms with Gasteiger partial charge in [0.1, 0.15) is 17.5 Å². The van der Waals surface area contributed by atoms with Crippen LogP contribution in [0.2, 0.25) is 0 Å². The third-order valence-corrected chi connectivity index (χ3v) is 2.44. The average Bonchev–Trinajstić information content (AvgIpc) is 2.58. The number of nitrogens with one attached hydrogen (secondary N) is 1. The minimum absolute atomic E-state index is 0.234. The van der Waals surface area contributed by atoms with Gasteiger partial charge in [0, 0.05) is 12.2 Å². The van der Waals surface area contributed by atoms with Crippen LogP contribution in [0.15, 0.2) is 24.3 Å². The van der Waals surface area contributed by atoms with Gasteiger partial charge in [-0.1, -0.05) is 6.07 Å². The summed E-state index contributed by atoms with van der Waals surface area (Å²) in [6.45, 7) is 5.18. The standard InChI is InChI=1S/C12H15FN4/c1-9-15-10(2)17(16-9)7-6-14-12-5-3-4-11(13)8-12/h3-5,8,14H,6-7H2,1-2H3. The van der Waals surface area contributed by atoms with Crippen LogP contribution >= 0.6 is 0 Å². The monoisotopic (exact) mass is 234 g/mol. The Labute approximate surface area is 99.5 Å². The Balaban J connectivity index is 1.89. The number of hydrogen-bond donors (Lipinski definition) is 1. The molecule has 0 saturated carbocycles. The molecular formula is C12H15FN4. The van der Waals surface area contributed by atoms with Crippen LogP contribution in [-0.4, -0.2) is 21.3 Å². The van der Waals surface area contributed by atoms with Crippen molar-refractivity contribution in [3.05, 3.63) is 41.7 Å². The van der Waals surface area contributed by atoms with Crippen molar-refractivity contribution in [3.8, 4) is 0 Å². The number of nitrogens with zero attached hydrogens (tertiary/aromatic N) is 3.